The number of hydrogen-bond donors (Lipinski definition) is 2. The number of nitrogens with one attached hydrogen (secondary N) is 1. The van der Waals surface area contributed by atoms with Gasteiger partial charge in [0.2, 0.25) is 0 Å². The molecule has 0 spiro atoms. The Bertz CT molecular complexity index is 691. The summed E-state index contributed by atoms with van der Waals surface area (Å²) in [5.74, 6) is 0.565. The maximum absolute atomic E-state index is 9.42. The van der Waals surface area contributed by atoms with Gasteiger partial charge in [-0.25, -0.2) is 4.99 Å². The number of halogens is 1. The first kappa shape index (κ1) is 16.1. The lowest BCUT2D eigenvalue weighted by atomic mass is 10.1. The minimum Gasteiger partial charge on any atom is -0.508 e. The van der Waals surface area contributed by atoms with Crippen LogP contribution in [-0.2, 0) is 4.74 Å². The highest BCUT2D eigenvalue weighted by Gasteiger charge is 2.19. The Balaban J connectivity index is 2.49. The zero-order valence-corrected chi connectivity index (χ0v) is 13.5. The van der Waals surface area contributed by atoms with E-state index in [1.54, 1.807) is 18.2 Å². The number of allylic oxidation sites excluding steroid dienone is 2. The van der Waals surface area contributed by atoms with E-state index < -0.39 is 0 Å². The molecule has 0 aliphatic heterocycles. The largest absolute Gasteiger partial charge is 0.508 e. The van der Waals surface area contributed by atoms with E-state index >= 15 is 0 Å². The molecule has 0 atom stereocenters. The molecule has 116 valence electrons. The van der Waals surface area contributed by atoms with E-state index in [2.05, 4.69) is 4.99 Å². The van der Waals surface area contributed by atoms with Crippen LogP contribution in [0.3, 0.4) is 0 Å². The molecule has 2 N–H and O–H groups in total. The van der Waals surface area contributed by atoms with Crippen LogP contribution in [0.4, 0.5) is 5.69 Å². The maximum atomic E-state index is 9.42. The first-order valence-corrected chi connectivity index (χ1v) is 7.20. The van der Waals surface area contributed by atoms with Gasteiger partial charge in [0.15, 0.2) is 0 Å². The predicted molar refractivity (Wildman–Crippen MR) is 89.4 cm³/mol. The van der Waals surface area contributed by atoms with Crippen molar-refractivity contribution in [2.24, 2.45) is 4.99 Å². The van der Waals surface area contributed by atoms with Crippen LogP contribution in [0.2, 0.25) is 5.02 Å². The fourth-order valence-corrected chi connectivity index (χ4v) is 2.21. The number of phenols is 1. The Kier molecular flexibility index (Phi) is 4.88. The molecule has 1 aromatic carbocycles. The quantitative estimate of drug-likeness (QED) is 0.834. The highest BCUT2D eigenvalue weighted by atomic mass is 35.5. The third-order valence-electron chi connectivity index (χ3n) is 3.03. The van der Waals surface area contributed by atoms with Crippen molar-refractivity contribution in [2.75, 3.05) is 20.7 Å². The molecular formula is C16H18ClN3O2. The van der Waals surface area contributed by atoms with E-state index in [0.29, 0.717) is 34.5 Å². The Labute approximate surface area is 134 Å². The Morgan fingerprint density at radius 3 is 2.64 bits per heavy atom. The summed E-state index contributed by atoms with van der Waals surface area (Å²) in [7, 11) is 3.76. The minimum atomic E-state index is 0.0910. The van der Waals surface area contributed by atoms with E-state index in [1.807, 2.05) is 25.9 Å². The van der Waals surface area contributed by atoms with Crippen LogP contribution in [0.5, 0.6) is 5.75 Å². The van der Waals surface area contributed by atoms with Crippen molar-refractivity contribution in [1.82, 2.24) is 4.90 Å². The number of rotatable bonds is 4. The summed E-state index contributed by atoms with van der Waals surface area (Å²) in [5, 5.41) is 17.8. The van der Waals surface area contributed by atoms with Gasteiger partial charge in [0.25, 0.3) is 0 Å². The smallest absolute Gasteiger partial charge is 0.146 e. The number of benzene rings is 1. The summed E-state index contributed by atoms with van der Waals surface area (Å²) >= 11 is 6.11. The topological polar surface area (TPSA) is 68.9 Å². The lowest BCUT2D eigenvalue weighted by molar-refractivity contribution is 0.249. The molecule has 22 heavy (non-hydrogen) atoms. The lowest BCUT2D eigenvalue weighted by Gasteiger charge is -2.22. The zero-order chi connectivity index (χ0) is 16.3. The monoisotopic (exact) mass is 319 g/mol. The van der Waals surface area contributed by atoms with Crippen LogP contribution in [-0.4, -0.2) is 42.1 Å². The first-order valence-electron chi connectivity index (χ1n) is 6.82. The molecule has 1 aliphatic carbocycles. The molecule has 1 aromatic rings. The predicted octanol–water partition coefficient (Wildman–Crippen LogP) is 3.52. The zero-order valence-electron chi connectivity index (χ0n) is 12.7. The van der Waals surface area contributed by atoms with Crippen molar-refractivity contribution in [2.45, 2.75) is 6.92 Å². The van der Waals surface area contributed by atoms with Gasteiger partial charge in [0.1, 0.15) is 11.5 Å². The van der Waals surface area contributed by atoms with Crippen LogP contribution >= 0.6 is 11.6 Å². The van der Waals surface area contributed by atoms with Gasteiger partial charge < -0.3 is 14.7 Å². The van der Waals surface area contributed by atoms with E-state index in [0.717, 1.165) is 5.70 Å². The van der Waals surface area contributed by atoms with Crippen LogP contribution in [0.15, 0.2) is 46.8 Å². The summed E-state index contributed by atoms with van der Waals surface area (Å²) in [6, 6.07) is 4.62. The first-order chi connectivity index (χ1) is 10.4. The molecule has 6 heteroatoms. The van der Waals surface area contributed by atoms with E-state index in [4.69, 9.17) is 21.7 Å². The molecular weight excluding hydrogens is 302 g/mol. The second-order valence-corrected chi connectivity index (χ2v) is 5.32. The molecule has 0 amide bonds. The van der Waals surface area contributed by atoms with Crippen LogP contribution in [0.1, 0.15) is 6.92 Å². The van der Waals surface area contributed by atoms with Gasteiger partial charge in [-0.2, -0.15) is 0 Å². The number of ether oxygens (including phenoxy) is 1. The van der Waals surface area contributed by atoms with Crippen molar-refractivity contribution in [3.63, 3.8) is 0 Å². The summed E-state index contributed by atoms with van der Waals surface area (Å²) in [6.07, 6.45) is 3.43. The summed E-state index contributed by atoms with van der Waals surface area (Å²) in [6.45, 7) is 2.35. The molecule has 0 radical (unpaired) electrons. The molecule has 0 fully saturated rings. The van der Waals surface area contributed by atoms with Gasteiger partial charge in [0, 0.05) is 26.2 Å². The normalized spacial score (nSPS) is 16.4. The average Bonchev–Trinajstić information content (AvgIpc) is 2.45. The van der Waals surface area contributed by atoms with Crippen molar-refractivity contribution in [3.05, 3.63) is 46.8 Å². The highest BCUT2D eigenvalue weighted by Crippen LogP contribution is 2.30. The van der Waals surface area contributed by atoms with Crippen molar-refractivity contribution in [3.8, 4) is 5.75 Å². The van der Waals surface area contributed by atoms with E-state index in [-0.39, 0.29) is 5.75 Å². The molecule has 0 unspecified atom stereocenters. The average molecular weight is 320 g/mol. The Morgan fingerprint density at radius 1 is 1.32 bits per heavy atom. The summed E-state index contributed by atoms with van der Waals surface area (Å²) in [5.41, 5.74) is 2.29. The van der Waals surface area contributed by atoms with Gasteiger partial charge in [-0.3, -0.25) is 5.41 Å². The number of aliphatic imine (C=N–C) groups is 1. The second-order valence-electron chi connectivity index (χ2n) is 4.91. The van der Waals surface area contributed by atoms with Crippen molar-refractivity contribution in [1.29, 1.82) is 5.41 Å². The van der Waals surface area contributed by atoms with Gasteiger partial charge in [0.05, 0.1) is 34.4 Å². The van der Waals surface area contributed by atoms with E-state index in [9.17, 15) is 5.11 Å². The van der Waals surface area contributed by atoms with Gasteiger partial charge in [-0.15, -0.1) is 0 Å². The fourth-order valence-electron chi connectivity index (χ4n) is 2.00. The number of aromatic hydroxyl groups is 1. The molecule has 0 aromatic heterocycles. The number of phenolic OH excluding ortho intramolecular Hbond substituents is 1. The molecule has 0 heterocycles. The molecule has 5 nitrogen and oxygen atoms in total. The van der Waals surface area contributed by atoms with E-state index in [1.165, 1.54) is 12.1 Å². The SMILES string of the molecule is CCOC1=CC(=Nc2ccc(O)cc2Cl)C(N(C)C)=CC1=N. The molecule has 2 rings (SSSR count). The van der Waals surface area contributed by atoms with Crippen LogP contribution in [0.25, 0.3) is 0 Å². The van der Waals surface area contributed by atoms with Gasteiger partial charge >= 0.3 is 0 Å². The third-order valence-corrected chi connectivity index (χ3v) is 3.33. The van der Waals surface area contributed by atoms with Crippen LogP contribution in [0, 0.1) is 5.41 Å². The molecule has 0 saturated carbocycles. The van der Waals surface area contributed by atoms with Crippen molar-refractivity contribution < 1.29 is 9.84 Å². The second kappa shape index (κ2) is 6.66. The van der Waals surface area contributed by atoms with Gasteiger partial charge in [-0.1, -0.05) is 11.6 Å². The molecule has 1 aliphatic rings. The molecule has 0 saturated heterocycles. The van der Waals surface area contributed by atoms with Crippen molar-refractivity contribution >= 4 is 28.7 Å². The Hall–Kier alpha value is -2.27. The standard InChI is InChI=1S/C16H18ClN3O2/c1-4-22-16-9-14(15(20(2)3)8-12(16)18)19-13-6-5-10(21)7-11(13)17/h5-9,18,21H,4H2,1-3H3. The summed E-state index contributed by atoms with van der Waals surface area (Å²) < 4.78 is 5.46. The number of hydrogen-bond acceptors (Lipinski definition) is 5. The third kappa shape index (κ3) is 3.49. The summed E-state index contributed by atoms with van der Waals surface area (Å²) in [4.78, 5) is 6.41. The van der Waals surface area contributed by atoms with Gasteiger partial charge in [-0.05, 0) is 25.1 Å². The maximum Gasteiger partial charge on any atom is 0.146 e. The number of nitrogens with zero attached hydrogens (tertiary/aromatic N) is 2. The fraction of sp³-hybridized carbons (Fsp3) is 0.250. The molecule has 0 bridgehead atoms. The lowest BCUT2D eigenvalue weighted by Crippen LogP contribution is -2.24. The Morgan fingerprint density at radius 2 is 2.05 bits per heavy atom. The minimum absolute atomic E-state index is 0.0910. The van der Waals surface area contributed by atoms with Crippen LogP contribution < -0.4 is 0 Å². The highest BCUT2D eigenvalue weighted by molar-refractivity contribution is 6.33.